The highest BCUT2D eigenvalue weighted by Crippen LogP contribution is 2.26. The number of rotatable bonds is 3. The fraction of sp³-hybridized carbons (Fsp3) is 0. The molecule has 0 aliphatic heterocycles. The van der Waals surface area contributed by atoms with Crippen LogP contribution in [0.4, 0.5) is 5.69 Å². The minimum absolute atomic E-state index is 0.329. The third-order valence-electron chi connectivity index (χ3n) is 2.59. The first-order valence-corrected chi connectivity index (χ1v) is 7.36. The molecule has 1 amide bonds. The molecule has 2 aromatic carbocycles. The Labute approximate surface area is 142 Å². The van der Waals surface area contributed by atoms with Gasteiger partial charge in [0.05, 0.1) is 10.0 Å². The Bertz CT molecular complexity index is 693. The van der Waals surface area contributed by atoms with E-state index in [1.807, 2.05) is 0 Å². The van der Waals surface area contributed by atoms with Crippen LogP contribution in [0.5, 0.6) is 0 Å². The van der Waals surface area contributed by atoms with E-state index in [-0.39, 0.29) is 5.91 Å². The Balaban J connectivity index is 2.11. The van der Waals surface area contributed by atoms with Crippen molar-refractivity contribution in [2.75, 3.05) is 5.32 Å². The summed E-state index contributed by atoms with van der Waals surface area (Å²) in [7, 11) is 0. The van der Waals surface area contributed by atoms with Crippen molar-refractivity contribution in [3.63, 3.8) is 0 Å². The van der Waals surface area contributed by atoms with Gasteiger partial charge in [0.25, 0.3) is 0 Å². The molecule has 0 spiro atoms. The molecule has 2 rings (SSSR count). The maximum absolute atomic E-state index is 11.8. The van der Waals surface area contributed by atoms with Gasteiger partial charge in [0.15, 0.2) is 0 Å². The third kappa shape index (κ3) is 4.39. The van der Waals surface area contributed by atoms with Crippen LogP contribution >= 0.6 is 46.4 Å². The molecule has 6 heteroatoms. The normalized spacial score (nSPS) is 10.9. The lowest BCUT2D eigenvalue weighted by Crippen LogP contribution is -2.07. The number of hydrogen-bond donors (Lipinski definition) is 1. The van der Waals surface area contributed by atoms with E-state index in [1.54, 1.807) is 42.5 Å². The lowest BCUT2D eigenvalue weighted by atomic mass is 10.2. The van der Waals surface area contributed by atoms with Crippen molar-refractivity contribution in [1.29, 1.82) is 0 Å². The van der Waals surface area contributed by atoms with Gasteiger partial charge in [-0.15, -0.1) is 0 Å². The first kappa shape index (κ1) is 16.2. The van der Waals surface area contributed by atoms with Crippen LogP contribution in [0.2, 0.25) is 20.1 Å². The Morgan fingerprint density at radius 3 is 2.19 bits per heavy atom. The van der Waals surface area contributed by atoms with E-state index in [1.165, 1.54) is 6.08 Å². The average Bonchev–Trinajstić information content (AvgIpc) is 2.42. The largest absolute Gasteiger partial charge is 0.322 e. The SMILES string of the molecule is O=C(C=Cc1c(Cl)cccc1Cl)Nc1ccc(Cl)c(Cl)c1. The molecule has 2 aromatic rings. The van der Waals surface area contributed by atoms with Gasteiger partial charge in [-0.2, -0.15) is 0 Å². The van der Waals surface area contributed by atoms with E-state index >= 15 is 0 Å². The molecule has 0 radical (unpaired) electrons. The van der Waals surface area contributed by atoms with Gasteiger partial charge in [-0.1, -0.05) is 52.5 Å². The molecule has 0 aromatic heterocycles. The summed E-state index contributed by atoms with van der Waals surface area (Å²) in [4.78, 5) is 11.8. The summed E-state index contributed by atoms with van der Waals surface area (Å²) in [6.45, 7) is 0. The number of carbonyl (C=O) groups is 1. The minimum atomic E-state index is -0.329. The maximum Gasteiger partial charge on any atom is 0.248 e. The Morgan fingerprint density at radius 2 is 1.57 bits per heavy atom. The van der Waals surface area contributed by atoms with Gasteiger partial charge < -0.3 is 5.32 Å². The molecule has 0 bridgehead atoms. The number of benzene rings is 2. The number of hydrogen-bond acceptors (Lipinski definition) is 1. The predicted molar refractivity (Wildman–Crippen MR) is 90.6 cm³/mol. The summed E-state index contributed by atoms with van der Waals surface area (Å²) in [5.74, 6) is -0.329. The number of carbonyl (C=O) groups excluding carboxylic acids is 1. The molecule has 0 saturated carbocycles. The van der Waals surface area contributed by atoms with Crippen LogP contribution in [0.25, 0.3) is 6.08 Å². The van der Waals surface area contributed by atoms with Crippen LogP contribution in [0.1, 0.15) is 5.56 Å². The highest BCUT2D eigenvalue weighted by molar-refractivity contribution is 6.42. The highest BCUT2D eigenvalue weighted by atomic mass is 35.5. The van der Waals surface area contributed by atoms with Gasteiger partial charge in [-0.3, -0.25) is 4.79 Å². The van der Waals surface area contributed by atoms with E-state index in [2.05, 4.69) is 5.32 Å². The maximum atomic E-state index is 11.8. The third-order valence-corrected chi connectivity index (χ3v) is 3.99. The zero-order valence-electron chi connectivity index (χ0n) is 10.5. The number of halogens is 4. The topological polar surface area (TPSA) is 29.1 Å². The summed E-state index contributed by atoms with van der Waals surface area (Å²) in [5, 5.41) is 4.40. The predicted octanol–water partition coefficient (Wildman–Crippen LogP) is 5.95. The zero-order chi connectivity index (χ0) is 15.4. The van der Waals surface area contributed by atoms with Crippen molar-refractivity contribution in [1.82, 2.24) is 0 Å². The smallest absolute Gasteiger partial charge is 0.248 e. The molecule has 0 fully saturated rings. The van der Waals surface area contributed by atoms with Crippen molar-refractivity contribution in [2.45, 2.75) is 0 Å². The summed E-state index contributed by atoms with van der Waals surface area (Å²) in [5.41, 5.74) is 1.13. The van der Waals surface area contributed by atoms with Crippen LogP contribution in [0.15, 0.2) is 42.5 Å². The lowest BCUT2D eigenvalue weighted by molar-refractivity contribution is -0.111. The summed E-state index contributed by atoms with van der Waals surface area (Å²) in [6, 6.07) is 9.96. The van der Waals surface area contributed by atoms with Gasteiger partial charge in [0.2, 0.25) is 5.91 Å². The van der Waals surface area contributed by atoms with E-state index in [9.17, 15) is 4.79 Å². The molecule has 1 N–H and O–H groups in total. The molecule has 108 valence electrons. The summed E-state index contributed by atoms with van der Waals surface area (Å²) in [6.07, 6.45) is 2.90. The second kappa shape index (κ2) is 7.19. The Hall–Kier alpha value is -1.19. The van der Waals surface area contributed by atoms with Gasteiger partial charge in [0, 0.05) is 27.4 Å². The quantitative estimate of drug-likeness (QED) is 0.673. The highest BCUT2D eigenvalue weighted by Gasteiger charge is 2.04. The van der Waals surface area contributed by atoms with Gasteiger partial charge in [-0.05, 0) is 36.4 Å². The van der Waals surface area contributed by atoms with Crippen molar-refractivity contribution in [2.24, 2.45) is 0 Å². The van der Waals surface area contributed by atoms with E-state index in [0.29, 0.717) is 31.3 Å². The van der Waals surface area contributed by atoms with Crippen LogP contribution < -0.4 is 5.32 Å². The number of anilines is 1. The van der Waals surface area contributed by atoms with Gasteiger partial charge in [-0.25, -0.2) is 0 Å². The molecule has 0 atom stereocenters. The lowest BCUT2D eigenvalue weighted by Gasteiger charge is -2.04. The van der Waals surface area contributed by atoms with E-state index in [0.717, 1.165) is 0 Å². The molecule has 0 aliphatic rings. The molecular formula is C15H9Cl4NO. The first-order valence-electron chi connectivity index (χ1n) is 5.85. The van der Waals surface area contributed by atoms with Crippen molar-refractivity contribution < 1.29 is 4.79 Å². The van der Waals surface area contributed by atoms with Crippen molar-refractivity contribution >= 4 is 64.1 Å². The van der Waals surface area contributed by atoms with Crippen LogP contribution in [-0.2, 0) is 4.79 Å². The number of nitrogens with one attached hydrogen (secondary N) is 1. The molecule has 2 nitrogen and oxygen atoms in total. The van der Waals surface area contributed by atoms with E-state index in [4.69, 9.17) is 46.4 Å². The second-order valence-corrected chi connectivity index (χ2v) is 5.72. The number of amides is 1. The average molecular weight is 361 g/mol. The summed E-state index contributed by atoms with van der Waals surface area (Å²) >= 11 is 23.7. The standard InChI is InChI=1S/C15H9Cl4NO/c16-11-2-1-3-12(17)10(11)5-7-15(21)20-9-4-6-13(18)14(19)8-9/h1-8H,(H,20,21). The fourth-order valence-corrected chi connectivity index (χ4v) is 2.41. The van der Waals surface area contributed by atoms with E-state index < -0.39 is 0 Å². The monoisotopic (exact) mass is 359 g/mol. The fourth-order valence-electron chi connectivity index (χ4n) is 1.59. The molecule has 0 unspecified atom stereocenters. The van der Waals surface area contributed by atoms with Gasteiger partial charge in [0.1, 0.15) is 0 Å². The van der Waals surface area contributed by atoms with Crippen molar-refractivity contribution in [3.8, 4) is 0 Å². The van der Waals surface area contributed by atoms with Crippen LogP contribution in [0, 0.1) is 0 Å². The second-order valence-electron chi connectivity index (χ2n) is 4.09. The van der Waals surface area contributed by atoms with Crippen LogP contribution in [0.3, 0.4) is 0 Å². The molecule has 0 saturated heterocycles. The van der Waals surface area contributed by atoms with Gasteiger partial charge >= 0.3 is 0 Å². The van der Waals surface area contributed by atoms with Crippen molar-refractivity contribution in [3.05, 3.63) is 68.1 Å². The zero-order valence-corrected chi connectivity index (χ0v) is 13.6. The molecule has 0 heterocycles. The van der Waals surface area contributed by atoms with Crippen LogP contribution in [-0.4, -0.2) is 5.91 Å². The Morgan fingerprint density at radius 1 is 0.905 bits per heavy atom. The molecular weight excluding hydrogens is 352 g/mol. The molecule has 21 heavy (non-hydrogen) atoms. The first-order chi connectivity index (χ1) is 9.97. The minimum Gasteiger partial charge on any atom is -0.322 e. The molecule has 0 aliphatic carbocycles. The Kier molecular flexibility index (Phi) is 5.54. The summed E-state index contributed by atoms with van der Waals surface area (Å²) < 4.78 is 0.